The maximum Gasteiger partial charge on any atom is 0.345 e. The van der Waals surface area contributed by atoms with Gasteiger partial charge in [0.25, 0.3) is 0 Å². The van der Waals surface area contributed by atoms with E-state index in [4.69, 9.17) is 27.9 Å². The molecule has 0 bridgehead atoms. The summed E-state index contributed by atoms with van der Waals surface area (Å²) in [6.07, 6.45) is 3.42. The molecule has 5 nitrogen and oxygen atoms in total. The van der Waals surface area contributed by atoms with E-state index in [0.717, 1.165) is 25.7 Å². The Balaban J connectivity index is 1.57. The molecule has 1 aliphatic heterocycles. The maximum atomic E-state index is 12.7. The molecule has 2 aromatic rings. The molecule has 0 spiro atoms. The number of carbonyl (C=O) groups excluding carboxylic acids is 3. The van der Waals surface area contributed by atoms with E-state index >= 15 is 0 Å². The molecule has 28 heavy (non-hydrogen) atoms. The first-order chi connectivity index (χ1) is 13.5. The number of rotatable bonds is 3. The number of carbonyl (C=O) groups is 3. The number of ether oxygens (including phenoxy) is 1. The molecular formula is C21H17Cl2NO4. The van der Waals surface area contributed by atoms with Crippen molar-refractivity contribution < 1.29 is 19.1 Å². The normalized spacial score (nSPS) is 21.6. The van der Waals surface area contributed by atoms with Crippen LogP contribution in [-0.4, -0.2) is 17.8 Å². The molecule has 0 N–H and O–H groups in total. The summed E-state index contributed by atoms with van der Waals surface area (Å²) in [5.41, 5.74) is 0.590. The van der Waals surface area contributed by atoms with Crippen LogP contribution >= 0.6 is 23.2 Å². The summed E-state index contributed by atoms with van der Waals surface area (Å²) in [7, 11) is 0. The highest BCUT2D eigenvalue weighted by atomic mass is 35.5. The Bertz CT molecular complexity index is 951. The van der Waals surface area contributed by atoms with Crippen molar-refractivity contribution >= 4 is 46.7 Å². The topological polar surface area (TPSA) is 63.7 Å². The molecule has 2 aliphatic rings. The number of nitrogens with zero attached hydrogens (tertiary/aromatic N) is 1. The van der Waals surface area contributed by atoms with Gasteiger partial charge in [-0.1, -0.05) is 42.1 Å². The lowest BCUT2D eigenvalue weighted by atomic mass is 9.81. The maximum absolute atomic E-state index is 12.7. The smallest absolute Gasteiger partial charge is 0.345 e. The number of benzene rings is 2. The Morgan fingerprint density at radius 1 is 0.964 bits per heavy atom. The van der Waals surface area contributed by atoms with Gasteiger partial charge in [-0.3, -0.25) is 9.59 Å². The quantitative estimate of drug-likeness (QED) is 0.405. The van der Waals surface area contributed by atoms with Crippen molar-refractivity contribution in [2.75, 3.05) is 4.90 Å². The summed E-state index contributed by atoms with van der Waals surface area (Å²) in [5.74, 6) is -1.23. The SMILES string of the molecule is O=C(Oc1cccc(N2C(=O)[C@@H]3CCCC[C@H]3C2=O)c1)c1ccc(Cl)cc1Cl. The number of fused-ring (bicyclic) bond motifs is 1. The Hall–Kier alpha value is -2.37. The average Bonchev–Trinajstić information content (AvgIpc) is 2.93. The molecule has 1 saturated carbocycles. The molecule has 1 heterocycles. The van der Waals surface area contributed by atoms with E-state index < -0.39 is 5.97 Å². The van der Waals surface area contributed by atoms with E-state index in [-0.39, 0.29) is 40.0 Å². The van der Waals surface area contributed by atoms with Crippen LogP contribution in [0.4, 0.5) is 5.69 Å². The fraction of sp³-hybridized carbons (Fsp3) is 0.286. The third-order valence-electron chi connectivity index (χ3n) is 5.28. The van der Waals surface area contributed by atoms with E-state index in [0.29, 0.717) is 10.7 Å². The molecular weight excluding hydrogens is 401 g/mol. The van der Waals surface area contributed by atoms with Gasteiger partial charge in [0.2, 0.25) is 11.8 Å². The van der Waals surface area contributed by atoms with Crippen molar-refractivity contribution in [1.82, 2.24) is 0 Å². The number of halogens is 2. The van der Waals surface area contributed by atoms with Gasteiger partial charge in [-0.15, -0.1) is 0 Å². The zero-order valence-electron chi connectivity index (χ0n) is 14.9. The minimum absolute atomic E-state index is 0.168. The molecule has 0 radical (unpaired) electrons. The zero-order chi connectivity index (χ0) is 19.8. The summed E-state index contributed by atoms with van der Waals surface area (Å²) >= 11 is 11.9. The fourth-order valence-corrected chi connectivity index (χ4v) is 4.41. The summed E-state index contributed by atoms with van der Waals surface area (Å²) in [6.45, 7) is 0. The molecule has 4 rings (SSSR count). The van der Waals surface area contributed by atoms with E-state index in [9.17, 15) is 14.4 Å². The first-order valence-electron chi connectivity index (χ1n) is 9.11. The molecule has 144 valence electrons. The zero-order valence-corrected chi connectivity index (χ0v) is 16.4. The summed E-state index contributed by atoms with van der Waals surface area (Å²) < 4.78 is 5.39. The highest BCUT2D eigenvalue weighted by Crippen LogP contribution is 2.40. The van der Waals surface area contributed by atoms with Crippen LogP contribution in [0.15, 0.2) is 42.5 Å². The van der Waals surface area contributed by atoms with Crippen LogP contribution in [0.25, 0.3) is 0 Å². The van der Waals surface area contributed by atoms with Gasteiger partial charge in [-0.25, -0.2) is 9.69 Å². The van der Waals surface area contributed by atoms with Crippen LogP contribution in [0.3, 0.4) is 0 Å². The molecule has 1 aliphatic carbocycles. The van der Waals surface area contributed by atoms with Crippen molar-refractivity contribution in [2.45, 2.75) is 25.7 Å². The summed E-state index contributed by atoms with van der Waals surface area (Å²) in [4.78, 5) is 39.1. The Morgan fingerprint density at radius 2 is 1.64 bits per heavy atom. The van der Waals surface area contributed by atoms with Crippen molar-refractivity contribution in [2.24, 2.45) is 11.8 Å². The Morgan fingerprint density at radius 3 is 2.29 bits per heavy atom. The van der Waals surface area contributed by atoms with Gasteiger partial charge in [0.05, 0.1) is 28.1 Å². The van der Waals surface area contributed by atoms with Crippen molar-refractivity contribution in [1.29, 1.82) is 0 Å². The van der Waals surface area contributed by atoms with Gasteiger partial charge < -0.3 is 4.74 Å². The van der Waals surface area contributed by atoms with Crippen molar-refractivity contribution in [3.63, 3.8) is 0 Å². The van der Waals surface area contributed by atoms with Crippen molar-refractivity contribution in [3.05, 3.63) is 58.1 Å². The number of esters is 1. The van der Waals surface area contributed by atoms with Gasteiger partial charge in [-0.2, -0.15) is 0 Å². The van der Waals surface area contributed by atoms with Crippen LogP contribution < -0.4 is 9.64 Å². The van der Waals surface area contributed by atoms with E-state index in [1.807, 2.05) is 0 Å². The number of hydrogen-bond donors (Lipinski definition) is 0. The van der Waals surface area contributed by atoms with Gasteiger partial charge >= 0.3 is 5.97 Å². The third kappa shape index (κ3) is 3.40. The molecule has 2 atom stereocenters. The Kier molecular flexibility index (Phi) is 5.13. The van der Waals surface area contributed by atoms with Gasteiger partial charge in [0.1, 0.15) is 5.75 Å². The lowest BCUT2D eigenvalue weighted by molar-refractivity contribution is -0.122. The van der Waals surface area contributed by atoms with Gasteiger partial charge in [-0.05, 0) is 43.2 Å². The van der Waals surface area contributed by atoms with Crippen molar-refractivity contribution in [3.8, 4) is 5.75 Å². The number of hydrogen-bond acceptors (Lipinski definition) is 4. The van der Waals surface area contributed by atoms with Gasteiger partial charge in [0.15, 0.2) is 0 Å². The fourth-order valence-electron chi connectivity index (χ4n) is 3.92. The minimum Gasteiger partial charge on any atom is -0.423 e. The molecule has 2 amide bonds. The summed E-state index contributed by atoms with van der Waals surface area (Å²) in [6, 6.07) is 10.9. The lowest BCUT2D eigenvalue weighted by Crippen LogP contribution is -2.30. The van der Waals surface area contributed by atoms with Crippen LogP contribution in [0, 0.1) is 11.8 Å². The molecule has 0 aromatic heterocycles. The van der Waals surface area contributed by atoms with Gasteiger partial charge in [0, 0.05) is 11.1 Å². The van der Waals surface area contributed by atoms with E-state index in [1.54, 1.807) is 24.3 Å². The molecule has 2 aromatic carbocycles. The second kappa shape index (κ2) is 7.57. The third-order valence-corrected chi connectivity index (χ3v) is 5.83. The first kappa shape index (κ1) is 19.0. The van der Waals surface area contributed by atoms with Crippen LogP contribution in [0.1, 0.15) is 36.0 Å². The molecule has 0 unspecified atom stereocenters. The largest absolute Gasteiger partial charge is 0.423 e. The molecule has 1 saturated heterocycles. The van der Waals surface area contributed by atoms with Crippen LogP contribution in [-0.2, 0) is 9.59 Å². The summed E-state index contributed by atoms with van der Waals surface area (Å²) in [5, 5.41) is 0.596. The predicted molar refractivity (Wildman–Crippen MR) is 106 cm³/mol. The average molecular weight is 418 g/mol. The molecule has 2 fully saturated rings. The van der Waals surface area contributed by atoms with Crippen LogP contribution in [0.5, 0.6) is 5.75 Å². The Labute approximate surface area is 172 Å². The van der Waals surface area contributed by atoms with E-state index in [2.05, 4.69) is 0 Å². The lowest BCUT2D eigenvalue weighted by Gasteiger charge is -2.19. The monoisotopic (exact) mass is 417 g/mol. The first-order valence-corrected chi connectivity index (χ1v) is 9.86. The second-order valence-electron chi connectivity index (χ2n) is 7.02. The highest BCUT2D eigenvalue weighted by Gasteiger charge is 2.48. The number of imide groups is 1. The second-order valence-corrected chi connectivity index (χ2v) is 7.86. The molecule has 7 heteroatoms. The van der Waals surface area contributed by atoms with E-state index in [1.165, 1.54) is 23.1 Å². The predicted octanol–water partition coefficient (Wildman–Crippen LogP) is 4.89. The van der Waals surface area contributed by atoms with Crippen LogP contribution in [0.2, 0.25) is 10.0 Å². The minimum atomic E-state index is -0.647. The number of amides is 2. The highest BCUT2D eigenvalue weighted by molar-refractivity contribution is 6.36. The number of anilines is 1. The standard InChI is InChI=1S/C21H17Cl2NO4/c22-12-8-9-17(18(23)10-12)21(27)28-14-5-3-4-13(11-14)24-19(25)15-6-1-2-7-16(15)20(24)26/h3-5,8-11,15-16H,1-2,6-7H2/t15-,16-/m1/s1.